The number of nitrogens with zero attached hydrogens (tertiary/aromatic N) is 6. The molecule has 0 amide bonds. The van der Waals surface area contributed by atoms with Crippen LogP contribution in [0, 0.1) is 0 Å². The van der Waals surface area contributed by atoms with Crippen molar-refractivity contribution in [1.29, 1.82) is 0 Å². The SMILES string of the molecule is CC(C)(C)c1ccc(-c2nc(-c3ccc(C(C)(C)C)cc3)nc(-c3ccc(-c4nc(-c5ccc(C(C)(C)C)cc5)nc(-c5ccc(C(C)(C)C)cc5)n4)c4ccccc34)n2)cc1. The van der Waals surface area contributed by atoms with Crippen LogP contribution < -0.4 is 0 Å². The molecule has 0 radical (unpaired) electrons. The average molecular weight is 815 g/mol. The summed E-state index contributed by atoms with van der Waals surface area (Å²) in [6.45, 7) is 26.7. The standard InChI is InChI=1S/C56H58N6/c1-53(2,3)39-25-17-35(18-26-39)47-57-48(36-19-27-40(28-20-36)54(4,5)6)60-51(59-47)45-33-34-46(44-16-14-13-15-43(44)45)52-61-49(37-21-29-41(30-22-37)55(7,8)9)58-50(62-52)38-23-31-42(32-24-38)56(10,11)12/h13-34H,1-12H3. The minimum atomic E-state index is 0.0250. The van der Waals surface area contributed by atoms with E-state index in [4.69, 9.17) is 29.9 Å². The Hall–Kier alpha value is -6.40. The first kappa shape index (κ1) is 42.3. The van der Waals surface area contributed by atoms with Crippen LogP contribution in [0.25, 0.3) is 79.1 Å². The Kier molecular flexibility index (Phi) is 10.8. The second-order valence-corrected chi connectivity index (χ2v) is 20.6. The number of benzene rings is 6. The van der Waals surface area contributed by atoms with Gasteiger partial charge in [0.2, 0.25) is 0 Å². The summed E-state index contributed by atoms with van der Waals surface area (Å²) in [4.78, 5) is 31.0. The Morgan fingerprint density at radius 2 is 0.452 bits per heavy atom. The molecule has 0 unspecified atom stereocenters. The van der Waals surface area contributed by atoms with Gasteiger partial charge < -0.3 is 0 Å². The molecule has 312 valence electrons. The number of fused-ring (bicyclic) bond motifs is 1. The molecule has 8 aromatic rings. The zero-order chi connectivity index (χ0) is 44.2. The van der Waals surface area contributed by atoms with Crippen LogP contribution in [0.3, 0.4) is 0 Å². The zero-order valence-corrected chi connectivity index (χ0v) is 38.4. The average Bonchev–Trinajstić information content (AvgIpc) is 3.24. The highest BCUT2D eigenvalue weighted by Crippen LogP contribution is 2.37. The lowest BCUT2D eigenvalue weighted by Crippen LogP contribution is -2.11. The summed E-state index contributed by atoms with van der Waals surface area (Å²) in [5, 5.41) is 1.98. The van der Waals surface area contributed by atoms with Crippen LogP contribution in [0.4, 0.5) is 0 Å². The fourth-order valence-corrected chi connectivity index (χ4v) is 7.68. The van der Waals surface area contributed by atoms with Crippen LogP contribution in [0.2, 0.25) is 0 Å². The summed E-state index contributed by atoms with van der Waals surface area (Å²) in [7, 11) is 0. The Balaban J connectivity index is 1.30. The zero-order valence-electron chi connectivity index (χ0n) is 38.4. The van der Waals surface area contributed by atoms with E-state index in [9.17, 15) is 0 Å². The summed E-state index contributed by atoms with van der Waals surface area (Å²) < 4.78 is 0. The van der Waals surface area contributed by atoms with Gasteiger partial charge in [-0.1, -0.05) is 204 Å². The molecule has 2 aromatic heterocycles. The van der Waals surface area contributed by atoms with Crippen molar-refractivity contribution >= 4 is 10.8 Å². The van der Waals surface area contributed by atoms with Crippen molar-refractivity contribution in [3.8, 4) is 68.3 Å². The Morgan fingerprint density at radius 1 is 0.242 bits per heavy atom. The van der Waals surface area contributed by atoms with Crippen molar-refractivity contribution < 1.29 is 0 Å². The molecule has 0 bridgehead atoms. The molecule has 0 spiro atoms. The summed E-state index contributed by atoms with van der Waals surface area (Å²) in [5.74, 6) is 3.70. The maximum absolute atomic E-state index is 5.19. The molecule has 0 atom stereocenters. The third-order valence-corrected chi connectivity index (χ3v) is 11.7. The Morgan fingerprint density at radius 3 is 0.661 bits per heavy atom. The number of rotatable bonds is 6. The van der Waals surface area contributed by atoms with Crippen molar-refractivity contribution in [3.63, 3.8) is 0 Å². The molecule has 0 saturated heterocycles. The number of hydrogen-bond acceptors (Lipinski definition) is 6. The highest BCUT2D eigenvalue weighted by molar-refractivity contribution is 6.03. The molecule has 6 nitrogen and oxygen atoms in total. The molecule has 0 N–H and O–H groups in total. The maximum Gasteiger partial charge on any atom is 0.164 e. The van der Waals surface area contributed by atoms with Gasteiger partial charge in [0.05, 0.1) is 0 Å². The minimum absolute atomic E-state index is 0.0250. The summed E-state index contributed by atoms with van der Waals surface area (Å²) in [6, 6.07) is 47.0. The molecule has 62 heavy (non-hydrogen) atoms. The van der Waals surface area contributed by atoms with Gasteiger partial charge in [-0.2, -0.15) is 0 Å². The number of aromatic nitrogens is 6. The van der Waals surface area contributed by atoms with Crippen molar-refractivity contribution in [3.05, 3.63) is 156 Å². The third-order valence-electron chi connectivity index (χ3n) is 11.7. The van der Waals surface area contributed by atoms with Gasteiger partial charge in [0.1, 0.15) is 0 Å². The van der Waals surface area contributed by atoms with Gasteiger partial charge in [-0.25, -0.2) is 29.9 Å². The molecule has 2 heterocycles. The van der Waals surface area contributed by atoms with Gasteiger partial charge in [0.25, 0.3) is 0 Å². The van der Waals surface area contributed by atoms with Gasteiger partial charge in [-0.3, -0.25) is 0 Å². The van der Waals surface area contributed by atoms with E-state index in [2.05, 4.69) is 217 Å². The lowest BCUT2D eigenvalue weighted by Gasteiger charge is -2.20. The van der Waals surface area contributed by atoms with Crippen LogP contribution >= 0.6 is 0 Å². The molecule has 6 heteroatoms. The smallest absolute Gasteiger partial charge is 0.164 e. The quantitative estimate of drug-likeness (QED) is 0.166. The van der Waals surface area contributed by atoms with E-state index in [-0.39, 0.29) is 21.7 Å². The van der Waals surface area contributed by atoms with Crippen LogP contribution in [0.1, 0.15) is 105 Å². The predicted octanol–water partition coefficient (Wildman–Crippen LogP) is 14.4. The van der Waals surface area contributed by atoms with E-state index < -0.39 is 0 Å². The van der Waals surface area contributed by atoms with E-state index in [0.29, 0.717) is 34.9 Å². The van der Waals surface area contributed by atoms with E-state index in [1.165, 1.54) is 22.3 Å². The normalized spacial score (nSPS) is 12.5. The van der Waals surface area contributed by atoms with Crippen LogP contribution in [-0.2, 0) is 21.7 Å². The molecule has 8 rings (SSSR count). The minimum Gasteiger partial charge on any atom is -0.208 e. The molecular formula is C56H58N6. The first-order valence-corrected chi connectivity index (χ1v) is 21.7. The van der Waals surface area contributed by atoms with Gasteiger partial charge >= 0.3 is 0 Å². The first-order valence-electron chi connectivity index (χ1n) is 21.7. The van der Waals surface area contributed by atoms with Gasteiger partial charge in [0.15, 0.2) is 34.9 Å². The lowest BCUT2D eigenvalue weighted by molar-refractivity contribution is 0.590. The number of hydrogen-bond donors (Lipinski definition) is 0. The fourth-order valence-electron chi connectivity index (χ4n) is 7.68. The summed E-state index contributed by atoms with van der Waals surface area (Å²) in [6.07, 6.45) is 0. The summed E-state index contributed by atoms with van der Waals surface area (Å²) >= 11 is 0. The first-order chi connectivity index (χ1) is 29.2. The molecule has 0 aliphatic heterocycles. The summed E-state index contributed by atoms with van der Waals surface area (Å²) in [5.41, 5.74) is 10.7. The lowest BCUT2D eigenvalue weighted by atomic mass is 9.86. The van der Waals surface area contributed by atoms with Gasteiger partial charge in [-0.05, 0) is 66.8 Å². The van der Waals surface area contributed by atoms with Crippen molar-refractivity contribution in [2.75, 3.05) is 0 Å². The molecule has 0 aliphatic rings. The second-order valence-electron chi connectivity index (χ2n) is 20.6. The van der Waals surface area contributed by atoms with E-state index in [0.717, 1.165) is 44.2 Å². The topological polar surface area (TPSA) is 77.3 Å². The van der Waals surface area contributed by atoms with E-state index >= 15 is 0 Å². The van der Waals surface area contributed by atoms with E-state index in [1.54, 1.807) is 0 Å². The van der Waals surface area contributed by atoms with Crippen molar-refractivity contribution in [2.45, 2.75) is 105 Å². The molecule has 0 saturated carbocycles. The Bertz CT molecular complexity index is 2530. The van der Waals surface area contributed by atoms with Crippen molar-refractivity contribution in [2.24, 2.45) is 0 Å². The van der Waals surface area contributed by atoms with Gasteiger partial charge in [0, 0.05) is 33.4 Å². The predicted molar refractivity (Wildman–Crippen MR) is 258 cm³/mol. The molecule has 6 aromatic carbocycles. The third kappa shape index (κ3) is 8.83. The van der Waals surface area contributed by atoms with Gasteiger partial charge in [-0.15, -0.1) is 0 Å². The highest BCUT2D eigenvalue weighted by atomic mass is 15.0. The molecular weight excluding hydrogens is 757 g/mol. The monoisotopic (exact) mass is 814 g/mol. The van der Waals surface area contributed by atoms with Crippen LogP contribution in [0.15, 0.2) is 133 Å². The Labute approximate surface area is 368 Å². The molecule has 0 aliphatic carbocycles. The maximum atomic E-state index is 5.19. The molecule has 0 fully saturated rings. The van der Waals surface area contributed by atoms with Crippen molar-refractivity contribution in [1.82, 2.24) is 29.9 Å². The van der Waals surface area contributed by atoms with E-state index in [1.807, 2.05) is 0 Å². The fraction of sp³-hybridized carbons (Fsp3) is 0.286. The van der Waals surface area contributed by atoms with Crippen LogP contribution in [-0.4, -0.2) is 29.9 Å². The van der Waals surface area contributed by atoms with Crippen LogP contribution in [0.5, 0.6) is 0 Å². The highest BCUT2D eigenvalue weighted by Gasteiger charge is 2.22. The second kappa shape index (κ2) is 15.8. The largest absolute Gasteiger partial charge is 0.208 e.